The molecular formula is C16H14FNOS. The number of thiazole rings is 1. The molecular weight excluding hydrogens is 273 g/mol. The van der Waals surface area contributed by atoms with Crippen LogP contribution in [-0.2, 0) is 12.8 Å². The third-order valence-electron chi connectivity index (χ3n) is 3.13. The van der Waals surface area contributed by atoms with Gasteiger partial charge in [0.25, 0.3) is 0 Å². The zero-order valence-corrected chi connectivity index (χ0v) is 11.6. The Hall–Kier alpha value is -1.78. The summed E-state index contributed by atoms with van der Waals surface area (Å²) in [4.78, 5) is 4.51. The summed E-state index contributed by atoms with van der Waals surface area (Å²) >= 11 is 1.61. The molecule has 102 valence electrons. The molecule has 4 heteroatoms. The summed E-state index contributed by atoms with van der Waals surface area (Å²) < 4.78 is 14.0. The third-order valence-corrected chi connectivity index (χ3v) is 4.19. The summed E-state index contributed by atoms with van der Waals surface area (Å²) in [5, 5.41) is 11.1. The van der Waals surface area contributed by atoms with Crippen LogP contribution in [0.1, 0.15) is 10.6 Å². The number of aromatic nitrogens is 1. The topological polar surface area (TPSA) is 33.1 Å². The highest BCUT2D eigenvalue weighted by atomic mass is 32.1. The molecule has 0 amide bonds. The van der Waals surface area contributed by atoms with Crippen LogP contribution in [0.2, 0.25) is 0 Å². The molecule has 0 aliphatic heterocycles. The number of hydrogen-bond donors (Lipinski definition) is 1. The molecule has 20 heavy (non-hydrogen) atoms. The lowest BCUT2D eigenvalue weighted by atomic mass is 10.1. The van der Waals surface area contributed by atoms with Gasteiger partial charge in [-0.1, -0.05) is 24.3 Å². The fourth-order valence-corrected chi connectivity index (χ4v) is 3.21. The first kappa shape index (κ1) is 13.2. The Morgan fingerprint density at radius 1 is 1.05 bits per heavy atom. The zero-order valence-electron chi connectivity index (χ0n) is 10.8. The second-order valence-corrected chi connectivity index (χ2v) is 5.88. The third kappa shape index (κ3) is 3.03. The molecule has 0 bridgehead atoms. The minimum Gasteiger partial charge on any atom is -0.392 e. The van der Waals surface area contributed by atoms with Gasteiger partial charge in [-0.3, -0.25) is 0 Å². The van der Waals surface area contributed by atoms with Gasteiger partial charge in [-0.2, -0.15) is 0 Å². The van der Waals surface area contributed by atoms with E-state index in [4.69, 9.17) is 0 Å². The van der Waals surface area contributed by atoms with E-state index in [1.807, 2.05) is 24.3 Å². The number of fused-ring (bicyclic) bond motifs is 1. The van der Waals surface area contributed by atoms with Crippen LogP contribution >= 0.6 is 11.3 Å². The highest BCUT2D eigenvalue weighted by Gasteiger charge is 2.11. The van der Waals surface area contributed by atoms with Crippen molar-refractivity contribution >= 4 is 21.6 Å². The van der Waals surface area contributed by atoms with Crippen molar-refractivity contribution in [2.24, 2.45) is 0 Å². The molecule has 0 aliphatic carbocycles. The van der Waals surface area contributed by atoms with Gasteiger partial charge < -0.3 is 5.11 Å². The first-order valence-electron chi connectivity index (χ1n) is 6.47. The molecule has 0 saturated heterocycles. The molecule has 1 heterocycles. The van der Waals surface area contributed by atoms with Crippen molar-refractivity contribution in [3.63, 3.8) is 0 Å². The van der Waals surface area contributed by atoms with Crippen molar-refractivity contribution in [1.29, 1.82) is 0 Å². The number of aliphatic hydroxyl groups excluding tert-OH is 1. The second kappa shape index (κ2) is 5.69. The van der Waals surface area contributed by atoms with E-state index in [1.54, 1.807) is 23.5 Å². The highest BCUT2D eigenvalue weighted by Crippen LogP contribution is 2.23. The SMILES string of the molecule is OC(Cc1ccc(F)cc1)Cc1nc2ccccc2s1. The average molecular weight is 287 g/mol. The molecule has 0 aliphatic rings. The van der Waals surface area contributed by atoms with Crippen LogP contribution in [0.4, 0.5) is 4.39 Å². The van der Waals surface area contributed by atoms with Crippen LogP contribution in [0.5, 0.6) is 0 Å². The lowest BCUT2D eigenvalue weighted by Gasteiger charge is -2.08. The molecule has 1 atom stereocenters. The number of aliphatic hydroxyl groups is 1. The van der Waals surface area contributed by atoms with Crippen LogP contribution < -0.4 is 0 Å². The van der Waals surface area contributed by atoms with Crippen molar-refractivity contribution in [1.82, 2.24) is 4.98 Å². The van der Waals surface area contributed by atoms with Gasteiger partial charge in [0.15, 0.2) is 0 Å². The molecule has 1 unspecified atom stereocenters. The van der Waals surface area contributed by atoms with Crippen molar-refractivity contribution < 1.29 is 9.50 Å². The van der Waals surface area contributed by atoms with Gasteiger partial charge in [0.1, 0.15) is 5.82 Å². The Morgan fingerprint density at radius 3 is 2.55 bits per heavy atom. The van der Waals surface area contributed by atoms with Gasteiger partial charge >= 0.3 is 0 Å². The van der Waals surface area contributed by atoms with E-state index >= 15 is 0 Å². The number of rotatable bonds is 4. The predicted molar refractivity (Wildman–Crippen MR) is 79.4 cm³/mol. The maximum Gasteiger partial charge on any atom is 0.123 e. The Labute approximate surface area is 120 Å². The molecule has 1 aromatic heterocycles. The van der Waals surface area contributed by atoms with Gasteiger partial charge in [0.2, 0.25) is 0 Å². The quantitative estimate of drug-likeness (QED) is 0.795. The molecule has 3 aromatic rings. The Balaban J connectivity index is 1.69. The Bertz CT molecular complexity index is 675. The zero-order chi connectivity index (χ0) is 13.9. The van der Waals surface area contributed by atoms with E-state index in [-0.39, 0.29) is 5.82 Å². The van der Waals surface area contributed by atoms with Gasteiger partial charge in [-0.15, -0.1) is 11.3 Å². The summed E-state index contributed by atoms with van der Waals surface area (Å²) in [7, 11) is 0. The van der Waals surface area contributed by atoms with Gasteiger partial charge in [-0.05, 0) is 36.2 Å². The summed E-state index contributed by atoms with van der Waals surface area (Å²) in [5.41, 5.74) is 1.90. The molecule has 0 radical (unpaired) electrons. The Kier molecular flexibility index (Phi) is 3.76. The summed E-state index contributed by atoms with van der Waals surface area (Å²) in [5.74, 6) is -0.255. The molecule has 0 spiro atoms. The van der Waals surface area contributed by atoms with Crippen LogP contribution in [0.25, 0.3) is 10.2 Å². The van der Waals surface area contributed by atoms with Crippen LogP contribution in [0, 0.1) is 5.82 Å². The van der Waals surface area contributed by atoms with Gasteiger partial charge in [0.05, 0.1) is 21.3 Å². The number of halogens is 1. The van der Waals surface area contributed by atoms with E-state index in [0.29, 0.717) is 12.8 Å². The van der Waals surface area contributed by atoms with E-state index in [1.165, 1.54) is 12.1 Å². The summed E-state index contributed by atoms with van der Waals surface area (Å²) in [6.45, 7) is 0. The van der Waals surface area contributed by atoms with Crippen molar-refractivity contribution in [3.8, 4) is 0 Å². The lowest BCUT2D eigenvalue weighted by molar-refractivity contribution is 0.175. The van der Waals surface area contributed by atoms with Crippen molar-refractivity contribution in [2.75, 3.05) is 0 Å². The normalized spacial score (nSPS) is 12.7. The fraction of sp³-hybridized carbons (Fsp3) is 0.188. The van der Waals surface area contributed by atoms with Crippen LogP contribution in [-0.4, -0.2) is 16.2 Å². The number of para-hydroxylation sites is 1. The van der Waals surface area contributed by atoms with E-state index < -0.39 is 6.10 Å². The Morgan fingerprint density at radius 2 is 1.80 bits per heavy atom. The smallest absolute Gasteiger partial charge is 0.123 e. The van der Waals surface area contributed by atoms with E-state index in [0.717, 1.165) is 20.8 Å². The largest absolute Gasteiger partial charge is 0.392 e. The summed E-state index contributed by atoms with van der Waals surface area (Å²) in [6.07, 6.45) is 0.536. The van der Waals surface area contributed by atoms with Gasteiger partial charge in [-0.25, -0.2) is 9.37 Å². The molecule has 2 nitrogen and oxygen atoms in total. The highest BCUT2D eigenvalue weighted by molar-refractivity contribution is 7.18. The summed E-state index contributed by atoms with van der Waals surface area (Å²) in [6, 6.07) is 14.2. The minimum atomic E-state index is -0.499. The fourth-order valence-electron chi connectivity index (χ4n) is 2.17. The second-order valence-electron chi connectivity index (χ2n) is 4.76. The number of hydrogen-bond acceptors (Lipinski definition) is 3. The van der Waals surface area contributed by atoms with Crippen LogP contribution in [0.3, 0.4) is 0 Å². The lowest BCUT2D eigenvalue weighted by Crippen LogP contribution is -2.13. The first-order chi connectivity index (χ1) is 9.70. The maximum atomic E-state index is 12.8. The first-order valence-corrected chi connectivity index (χ1v) is 7.29. The molecule has 0 fully saturated rings. The maximum absolute atomic E-state index is 12.8. The molecule has 2 aromatic carbocycles. The standard InChI is InChI=1S/C16H14FNOS/c17-12-7-5-11(6-8-12)9-13(19)10-16-18-14-3-1-2-4-15(14)20-16/h1-8,13,19H,9-10H2. The van der Waals surface area contributed by atoms with Crippen molar-refractivity contribution in [3.05, 3.63) is 64.9 Å². The number of benzene rings is 2. The minimum absolute atomic E-state index is 0.255. The van der Waals surface area contributed by atoms with Gasteiger partial charge in [0, 0.05) is 6.42 Å². The monoisotopic (exact) mass is 287 g/mol. The van der Waals surface area contributed by atoms with E-state index in [2.05, 4.69) is 4.98 Å². The van der Waals surface area contributed by atoms with E-state index in [9.17, 15) is 9.50 Å². The number of nitrogens with zero attached hydrogens (tertiary/aromatic N) is 1. The molecule has 1 N–H and O–H groups in total. The van der Waals surface area contributed by atoms with Crippen molar-refractivity contribution in [2.45, 2.75) is 18.9 Å². The predicted octanol–water partition coefficient (Wildman–Crippen LogP) is 3.58. The molecule has 3 rings (SSSR count). The average Bonchev–Trinajstić information content (AvgIpc) is 2.83. The molecule has 0 saturated carbocycles. The van der Waals surface area contributed by atoms with Crippen LogP contribution in [0.15, 0.2) is 48.5 Å².